The molecule has 1 saturated carbocycles. The Morgan fingerprint density at radius 2 is 1.68 bits per heavy atom. The van der Waals surface area contributed by atoms with Crippen LogP contribution in [-0.4, -0.2) is 161 Å². The Hall–Kier alpha value is -5.68. The smallest absolute Gasteiger partial charge is 0.409 e. The second kappa shape index (κ2) is 33.8. The van der Waals surface area contributed by atoms with Gasteiger partial charge in [-0.2, -0.15) is 0 Å². The van der Waals surface area contributed by atoms with Gasteiger partial charge in [-0.05, 0) is 103 Å². The van der Waals surface area contributed by atoms with Crippen LogP contribution in [0.3, 0.4) is 0 Å². The van der Waals surface area contributed by atoms with E-state index in [1.165, 1.54) is 30.7 Å². The number of amides is 5. The number of nitrogens with one attached hydrogen (secondary N) is 3. The van der Waals surface area contributed by atoms with Crippen molar-refractivity contribution in [1.82, 2.24) is 20.9 Å². The highest BCUT2D eigenvalue weighted by Gasteiger charge is 2.64. The number of nitrogens with zero attached hydrogens (tertiary/aromatic N) is 2. The number of aryl methyl sites for hydroxylation is 1. The Morgan fingerprint density at radius 1 is 0.966 bits per heavy atom. The van der Waals surface area contributed by atoms with Gasteiger partial charge in [0.15, 0.2) is 0 Å². The molecule has 1 aromatic carbocycles. The van der Waals surface area contributed by atoms with Crippen LogP contribution in [0.1, 0.15) is 162 Å². The third-order valence-electron chi connectivity index (χ3n) is 17.8. The number of thioether (sulfide) groups is 1. The van der Waals surface area contributed by atoms with Crippen molar-refractivity contribution in [2.75, 3.05) is 51.1 Å². The molecule has 0 aromatic heterocycles. The molecule has 1 aromatic rings. The summed E-state index contributed by atoms with van der Waals surface area (Å²) in [5.74, 6) is -4.80. The number of aliphatic hydroxyl groups is 1. The van der Waals surface area contributed by atoms with E-state index in [-0.39, 0.29) is 91.9 Å². The zero-order valence-corrected chi connectivity index (χ0v) is 54.1. The Balaban J connectivity index is 1.07. The van der Waals surface area contributed by atoms with Crippen LogP contribution in [0, 0.1) is 36.5 Å². The summed E-state index contributed by atoms with van der Waals surface area (Å²) in [6.45, 7) is 15.1. The highest BCUT2D eigenvalue weighted by molar-refractivity contribution is 8.00. The molecule has 4 bridgehead atoms. The first kappa shape index (κ1) is 72.1. The van der Waals surface area contributed by atoms with Gasteiger partial charge in [-0.1, -0.05) is 75.1 Å². The maximum atomic E-state index is 14.3. The molecule has 23 heteroatoms. The number of likely N-dealkylation sites (N-methyl/N-ethyl adjacent to an activating group) is 1. The van der Waals surface area contributed by atoms with Gasteiger partial charge in [0.2, 0.25) is 23.6 Å². The Kier molecular flexibility index (Phi) is 28.0. The second-order valence-electron chi connectivity index (χ2n) is 24.5. The SMILES string of the molecule is CCC(=O)NCCOCCC(=O)CC(CCCCCC(=O)C1CCC(CNC(=O)CC(SCCC(=O)N(C)[C@@H](C)C(=O)O[C@H]2CC(=O)N(C)c3cc(cc(C)c3Cl)C/C(C)=C/C=C/C(C)[C@@]3(O)CC(OC(=O)N3)[C@@H](C)[C@@H]3O[C@@]23C)C(=O)O)CC1)C(C)=O. The monoisotopic (exact) mass is 1260 g/mol. The van der Waals surface area contributed by atoms with Crippen molar-refractivity contribution in [3.63, 3.8) is 0 Å². The predicted molar refractivity (Wildman–Crippen MR) is 330 cm³/mol. The number of epoxide rings is 1. The van der Waals surface area contributed by atoms with Gasteiger partial charge in [0, 0.05) is 102 Å². The lowest BCUT2D eigenvalue weighted by molar-refractivity contribution is -0.162. The van der Waals surface area contributed by atoms with E-state index in [0.29, 0.717) is 75.4 Å². The van der Waals surface area contributed by atoms with E-state index >= 15 is 0 Å². The first-order valence-corrected chi connectivity index (χ1v) is 32.2. The number of hydrogen-bond donors (Lipinski definition) is 5. The van der Waals surface area contributed by atoms with E-state index in [9.17, 15) is 58.2 Å². The average molecular weight is 1260 g/mol. The van der Waals surface area contributed by atoms with E-state index in [0.717, 1.165) is 54.1 Å². The number of halogens is 1. The van der Waals surface area contributed by atoms with Crippen LogP contribution >= 0.6 is 23.4 Å². The molecular weight excluding hydrogens is 1160 g/mol. The number of fused-ring (bicyclic) bond motifs is 5. The largest absolute Gasteiger partial charge is 0.480 e. The minimum Gasteiger partial charge on any atom is -0.480 e. The molecule has 0 radical (unpaired) electrons. The van der Waals surface area contributed by atoms with Gasteiger partial charge in [0.25, 0.3) is 0 Å². The molecule has 0 spiro atoms. The molecule has 484 valence electrons. The molecule has 21 nitrogen and oxygen atoms in total. The van der Waals surface area contributed by atoms with Crippen LogP contribution in [0.4, 0.5) is 10.5 Å². The first-order valence-electron chi connectivity index (χ1n) is 30.8. The number of aliphatic carboxylic acids is 1. The van der Waals surface area contributed by atoms with Crippen molar-refractivity contribution in [2.24, 2.45) is 29.6 Å². The van der Waals surface area contributed by atoms with Crippen molar-refractivity contribution < 1.29 is 77.1 Å². The fraction of sp³-hybridized carbons (Fsp3) is 0.688. The lowest BCUT2D eigenvalue weighted by Gasteiger charge is -2.41. The van der Waals surface area contributed by atoms with Gasteiger partial charge in [-0.25, -0.2) is 9.59 Å². The molecule has 3 aliphatic heterocycles. The zero-order valence-electron chi connectivity index (χ0n) is 52.5. The van der Waals surface area contributed by atoms with E-state index in [4.69, 9.17) is 30.5 Å². The van der Waals surface area contributed by atoms with Crippen LogP contribution in [0.25, 0.3) is 0 Å². The standard InChI is InChI=1S/C64H94ClN5O16S/c1-11-54(74)66-26-28-83-27-24-48(72)33-47(43(7)71)18-13-12-14-19-50(73)46-22-20-44(21-23-46)37-67-55(75)34-52(60(78)79)87-29-25-56(76)69(9)42(6)61(80)85-53-35-57(77)70(10)49-32-45(31-39(3)58(49)65)30-38(2)16-15-17-40(4)64(82)36-51(84-62(81)68-64)41(5)59-63(53,8)86-59/h15-17,31-32,40-42,44,46-47,51-53,59,82H,11-14,18-30,33-37H2,1-10H3,(H,66,74)(H,67,75)(H,68,81)(H,78,79)/b17-15+,38-16+/t40?,41-,42+,44?,46?,47?,51?,52?,53+,59+,63+,64+/m1/s1. The summed E-state index contributed by atoms with van der Waals surface area (Å²) < 4.78 is 23.6. The van der Waals surface area contributed by atoms with E-state index in [2.05, 4.69) is 16.0 Å². The van der Waals surface area contributed by atoms with Crippen molar-refractivity contribution in [3.05, 3.63) is 52.1 Å². The molecule has 4 aliphatic rings. The minimum absolute atomic E-state index is 0.00459. The number of hydrogen-bond acceptors (Lipinski definition) is 16. The fourth-order valence-electron chi connectivity index (χ4n) is 11.6. The topological polar surface area (TPSA) is 294 Å². The highest BCUT2D eigenvalue weighted by Crippen LogP contribution is 2.49. The molecule has 1 aliphatic carbocycles. The number of carbonyl (C=O) groups is 10. The molecule has 3 heterocycles. The number of carboxylic acids is 1. The number of Topliss-reactive ketones (excluding diaryl/α,β-unsaturated/α-hetero) is 3. The number of benzene rings is 1. The quantitative estimate of drug-likeness (QED) is 0.0289. The molecule has 10 atom stereocenters. The van der Waals surface area contributed by atoms with E-state index < -0.39 is 88.5 Å². The number of esters is 1. The third kappa shape index (κ3) is 21.5. The lowest BCUT2D eigenvalue weighted by atomic mass is 9.79. The van der Waals surface area contributed by atoms with E-state index in [1.807, 2.05) is 38.1 Å². The van der Waals surface area contributed by atoms with Gasteiger partial charge in [-0.15, -0.1) is 11.8 Å². The summed E-state index contributed by atoms with van der Waals surface area (Å²) in [7, 11) is 2.99. The minimum atomic E-state index is -1.67. The van der Waals surface area contributed by atoms with Gasteiger partial charge in [0.05, 0.1) is 36.4 Å². The number of carbonyl (C=O) groups excluding carboxylic acids is 9. The summed E-state index contributed by atoms with van der Waals surface area (Å²) in [5.41, 5.74) is 0.0911. The zero-order chi connectivity index (χ0) is 64.3. The maximum absolute atomic E-state index is 14.3. The highest BCUT2D eigenvalue weighted by atomic mass is 35.5. The van der Waals surface area contributed by atoms with Crippen LogP contribution in [0.15, 0.2) is 35.9 Å². The van der Waals surface area contributed by atoms with E-state index in [1.54, 1.807) is 40.8 Å². The van der Waals surface area contributed by atoms with Crippen LogP contribution in [-0.2, 0) is 68.5 Å². The molecule has 2 saturated heterocycles. The summed E-state index contributed by atoms with van der Waals surface area (Å²) in [6.07, 6.45) is 8.41. The lowest BCUT2D eigenvalue weighted by Crippen LogP contribution is -2.60. The summed E-state index contributed by atoms with van der Waals surface area (Å²) in [6, 6.07) is 2.59. The predicted octanol–water partition coefficient (Wildman–Crippen LogP) is 7.94. The van der Waals surface area contributed by atoms with Crippen molar-refractivity contribution in [3.8, 4) is 0 Å². The number of alkyl carbamates (subject to hydrolysis) is 1. The van der Waals surface area contributed by atoms with Crippen molar-refractivity contribution in [2.45, 2.75) is 205 Å². The van der Waals surface area contributed by atoms with Crippen LogP contribution in [0.2, 0.25) is 5.02 Å². The molecule has 3 fully saturated rings. The van der Waals surface area contributed by atoms with Gasteiger partial charge in [0.1, 0.15) is 52.2 Å². The first-order chi connectivity index (χ1) is 41.1. The summed E-state index contributed by atoms with van der Waals surface area (Å²) in [5, 5.41) is 29.2. The number of ketones is 3. The molecular formula is C64H94ClN5O16S. The number of rotatable bonds is 29. The summed E-state index contributed by atoms with van der Waals surface area (Å²) in [4.78, 5) is 132. The molecule has 5 rings (SSSR count). The fourth-order valence-corrected chi connectivity index (χ4v) is 12.8. The second-order valence-corrected chi connectivity index (χ2v) is 26.2. The maximum Gasteiger partial charge on any atom is 0.409 e. The van der Waals surface area contributed by atoms with Crippen LogP contribution < -0.4 is 20.9 Å². The average Bonchev–Trinajstić information content (AvgIpc) is 1.61. The normalized spacial score (nSPS) is 26.9. The third-order valence-corrected chi connectivity index (χ3v) is 19.5. The molecule has 5 amide bonds. The Bertz CT molecular complexity index is 2700. The number of allylic oxidation sites excluding steroid dienone is 3. The van der Waals surface area contributed by atoms with Crippen LogP contribution in [0.5, 0.6) is 0 Å². The number of carboxylic acid groups (broad SMARTS) is 1. The van der Waals surface area contributed by atoms with Gasteiger partial charge < -0.3 is 49.6 Å². The Morgan fingerprint density at radius 3 is 2.36 bits per heavy atom. The number of unbranched alkanes of at least 4 members (excludes halogenated alkanes) is 2. The molecule has 5 N–H and O–H groups in total. The van der Waals surface area contributed by atoms with Gasteiger partial charge in [-0.3, -0.25) is 43.7 Å². The molecule has 87 heavy (non-hydrogen) atoms. The van der Waals surface area contributed by atoms with Crippen molar-refractivity contribution >= 4 is 88.1 Å². The summed E-state index contributed by atoms with van der Waals surface area (Å²) >= 11 is 7.77. The Labute approximate surface area is 521 Å². The molecule has 4 unspecified atom stereocenters. The van der Waals surface area contributed by atoms with Gasteiger partial charge >= 0.3 is 18.0 Å². The van der Waals surface area contributed by atoms with Crippen molar-refractivity contribution in [1.29, 1.82) is 0 Å². The number of anilines is 1. The number of ether oxygens (including phenoxy) is 4.